The molecule has 6 nitrogen and oxygen atoms in total. The number of fused-ring (bicyclic) bond motifs is 3. The Bertz CT molecular complexity index is 686. The monoisotopic (exact) mass is 303 g/mol. The summed E-state index contributed by atoms with van der Waals surface area (Å²) < 4.78 is 0. The van der Waals surface area contributed by atoms with Crippen molar-refractivity contribution in [1.29, 1.82) is 0 Å². The van der Waals surface area contributed by atoms with Crippen molar-refractivity contribution in [2.75, 3.05) is 5.32 Å². The number of nitrogens with one attached hydrogen (secondary N) is 1. The number of hydrogen-bond donors (Lipinski definition) is 2. The minimum Gasteiger partial charge on any atom is -0.369 e. The first kappa shape index (κ1) is 12.8. The molecule has 4 atom stereocenters. The number of carbonyl (C=O) groups excluding carboxylic acids is 1. The van der Waals surface area contributed by atoms with Crippen LogP contribution in [0.5, 0.6) is 0 Å². The minimum atomic E-state index is -0.273. The minimum absolute atomic E-state index is 0.0524. The van der Waals surface area contributed by atoms with E-state index in [4.69, 9.17) is 17.3 Å². The Balaban J connectivity index is 1.69. The van der Waals surface area contributed by atoms with Gasteiger partial charge in [-0.05, 0) is 29.9 Å². The Hall–Kier alpha value is -1.95. The van der Waals surface area contributed by atoms with Crippen LogP contribution in [0.4, 0.5) is 11.5 Å². The molecule has 1 saturated carbocycles. The fourth-order valence-corrected chi connectivity index (χ4v) is 3.82. The number of carbonyl (C=O) groups is 1. The molecule has 1 amide bonds. The molecule has 21 heavy (non-hydrogen) atoms. The molecule has 4 unspecified atom stereocenters. The summed E-state index contributed by atoms with van der Waals surface area (Å²) in [6.07, 6.45) is 7.63. The summed E-state index contributed by atoms with van der Waals surface area (Å²) in [5, 5.41) is 3.53. The van der Waals surface area contributed by atoms with Crippen LogP contribution < -0.4 is 11.1 Å². The van der Waals surface area contributed by atoms with E-state index in [0.29, 0.717) is 18.2 Å². The lowest BCUT2D eigenvalue weighted by molar-refractivity contribution is -0.122. The van der Waals surface area contributed by atoms with Gasteiger partial charge in [0.05, 0.1) is 11.6 Å². The number of amides is 1. The van der Waals surface area contributed by atoms with Gasteiger partial charge in [-0.1, -0.05) is 12.2 Å². The highest BCUT2D eigenvalue weighted by atomic mass is 35.5. The van der Waals surface area contributed by atoms with E-state index in [-0.39, 0.29) is 29.1 Å². The van der Waals surface area contributed by atoms with Crippen LogP contribution in [0.1, 0.15) is 12.1 Å². The molecular weight excluding hydrogens is 290 g/mol. The highest BCUT2D eigenvalue weighted by molar-refractivity contribution is 6.28. The Labute approximate surface area is 126 Å². The number of aliphatic imine (C=N–C) groups is 1. The lowest BCUT2D eigenvalue weighted by atomic mass is 9.88. The maximum absolute atomic E-state index is 11.8. The number of anilines is 1. The SMILES string of the molecule is NC(=O)C1C2C=CC(C2)C1Nc1nc(Cl)nc2c1N=CC2. The summed E-state index contributed by atoms with van der Waals surface area (Å²) >= 11 is 5.97. The normalized spacial score (nSPS) is 31.7. The maximum Gasteiger partial charge on any atom is 0.224 e. The fourth-order valence-electron chi connectivity index (χ4n) is 3.64. The number of allylic oxidation sites excluding steroid dienone is 1. The van der Waals surface area contributed by atoms with Gasteiger partial charge in [0.1, 0.15) is 5.69 Å². The lowest BCUT2D eigenvalue weighted by Gasteiger charge is -2.27. The van der Waals surface area contributed by atoms with Crippen LogP contribution in [-0.4, -0.2) is 28.1 Å². The van der Waals surface area contributed by atoms with Gasteiger partial charge in [0, 0.05) is 18.7 Å². The van der Waals surface area contributed by atoms with Crippen molar-refractivity contribution in [1.82, 2.24) is 9.97 Å². The van der Waals surface area contributed by atoms with Crippen molar-refractivity contribution in [3.05, 3.63) is 23.1 Å². The van der Waals surface area contributed by atoms with Gasteiger partial charge in [0.15, 0.2) is 5.82 Å². The molecule has 7 heteroatoms. The molecule has 2 heterocycles. The van der Waals surface area contributed by atoms with Crippen molar-refractivity contribution in [2.24, 2.45) is 28.5 Å². The molecule has 1 fully saturated rings. The van der Waals surface area contributed by atoms with Crippen LogP contribution in [0.15, 0.2) is 17.1 Å². The van der Waals surface area contributed by atoms with E-state index in [0.717, 1.165) is 17.8 Å². The van der Waals surface area contributed by atoms with Crippen LogP contribution in [0.25, 0.3) is 0 Å². The first-order valence-electron chi connectivity index (χ1n) is 6.96. The molecule has 0 aromatic carbocycles. The second-order valence-electron chi connectivity index (χ2n) is 5.70. The topological polar surface area (TPSA) is 93.3 Å². The molecule has 2 aliphatic carbocycles. The lowest BCUT2D eigenvalue weighted by Crippen LogP contribution is -2.41. The molecule has 1 aliphatic heterocycles. The summed E-state index contributed by atoms with van der Waals surface area (Å²) in [5.74, 6) is 0.622. The molecule has 3 aliphatic rings. The van der Waals surface area contributed by atoms with Crippen LogP contribution in [0.2, 0.25) is 5.28 Å². The predicted octanol–water partition coefficient (Wildman–Crippen LogP) is 1.48. The third kappa shape index (κ3) is 1.93. The number of nitrogens with two attached hydrogens (primary N) is 1. The van der Waals surface area contributed by atoms with Crippen LogP contribution in [0, 0.1) is 17.8 Å². The van der Waals surface area contributed by atoms with Gasteiger partial charge < -0.3 is 11.1 Å². The van der Waals surface area contributed by atoms with E-state index < -0.39 is 0 Å². The molecule has 0 saturated heterocycles. The average molecular weight is 304 g/mol. The van der Waals surface area contributed by atoms with Gasteiger partial charge in [-0.25, -0.2) is 4.98 Å². The first-order chi connectivity index (χ1) is 10.1. The third-order valence-corrected chi connectivity index (χ3v) is 4.69. The Morgan fingerprint density at radius 3 is 2.95 bits per heavy atom. The van der Waals surface area contributed by atoms with Crippen molar-refractivity contribution in [2.45, 2.75) is 18.9 Å². The van der Waals surface area contributed by atoms with E-state index in [1.807, 2.05) is 0 Å². The molecule has 0 radical (unpaired) electrons. The smallest absolute Gasteiger partial charge is 0.224 e. The maximum atomic E-state index is 11.8. The van der Waals surface area contributed by atoms with E-state index in [1.54, 1.807) is 6.21 Å². The van der Waals surface area contributed by atoms with Gasteiger partial charge >= 0.3 is 0 Å². The summed E-state index contributed by atoms with van der Waals surface area (Å²) in [7, 11) is 0. The quantitative estimate of drug-likeness (QED) is 0.653. The molecule has 1 aromatic heterocycles. The van der Waals surface area contributed by atoms with Crippen LogP contribution in [0.3, 0.4) is 0 Å². The third-order valence-electron chi connectivity index (χ3n) is 4.53. The number of halogens is 1. The Kier molecular flexibility index (Phi) is 2.75. The number of aromatic nitrogens is 2. The van der Waals surface area contributed by atoms with Crippen molar-refractivity contribution >= 4 is 35.2 Å². The van der Waals surface area contributed by atoms with Gasteiger partial charge in [-0.3, -0.25) is 9.79 Å². The van der Waals surface area contributed by atoms with Gasteiger partial charge in [0.2, 0.25) is 11.2 Å². The summed E-state index contributed by atoms with van der Waals surface area (Å²) in [4.78, 5) is 24.5. The molecule has 2 bridgehead atoms. The summed E-state index contributed by atoms with van der Waals surface area (Å²) in [6.45, 7) is 0. The standard InChI is InChI=1S/C14H14ClN5O/c15-14-18-8-3-4-17-11(8)13(20-14)19-10-7-2-1-6(5-7)9(10)12(16)21/h1-2,4,6-7,9-10H,3,5H2,(H2,16,21)(H,18,19,20). The molecule has 4 rings (SSSR count). The predicted molar refractivity (Wildman–Crippen MR) is 79.7 cm³/mol. The zero-order chi connectivity index (χ0) is 14.6. The molecule has 3 N–H and O–H groups in total. The van der Waals surface area contributed by atoms with Gasteiger partial charge in [-0.2, -0.15) is 4.98 Å². The number of nitrogens with zero attached hydrogens (tertiary/aromatic N) is 3. The van der Waals surface area contributed by atoms with E-state index in [1.165, 1.54) is 0 Å². The second-order valence-corrected chi connectivity index (χ2v) is 6.04. The van der Waals surface area contributed by atoms with E-state index >= 15 is 0 Å². The van der Waals surface area contributed by atoms with E-state index in [2.05, 4.69) is 32.4 Å². The highest BCUT2D eigenvalue weighted by Gasteiger charge is 2.47. The zero-order valence-corrected chi connectivity index (χ0v) is 11.9. The molecular formula is C14H14ClN5O. The zero-order valence-electron chi connectivity index (χ0n) is 11.2. The number of primary amides is 1. The summed E-state index contributed by atoms with van der Waals surface area (Å²) in [5.41, 5.74) is 7.10. The Morgan fingerprint density at radius 1 is 1.33 bits per heavy atom. The molecule has 108 valence electrons. The van der Waals surface area contributed by atoms with Crippen molar-refractivity contribution in [3.63, 3.8) is 0 Å². The number of rotatable bonds is 3. The molecule has 0 spiro atoms. The van der Waals surface area contributed by atoms with Crippen molar-refractivity contribution in [3.8, 4) is 0 Å². The highest BCUT2D eigenvalue weighted by Crippen LogP contribution is 2.45. The van der Waals surface area contributed by atoms with Gasteiger partial charge in [-0.15, -0.1) is 0 Å². The van der Waals surface area contributed by atoms with Crippen molar-refractivity contribution < 1.29 is 4.79 Å². The fraction of sp³-hybridized carbons (Fsp3) is 0.429. The van der Waals surface area contributed by atoms with Crippen LogP contribution in [-0.2, 0) is 11.2 Å². The molecule has 1 aromatic rings. The summed E-state index contributed by atoms with van der Waals surface area (Å²) in [6, 6.07) is -0.0524. The largest absolute Gasteiger partial charge is 0.369 e. The average Bonchev–Trinajstić information content (AvgIpc) is 3.11. The van der Waals surface area contributed by atoms with Crippen LogP contribution >= 0.6 is 11.6 Å². The Morgan fingerprint density at radius 2 is 2.14 bits per heavy atom. The number of hydrogen-bond acceptors (Lipinski definition) is 5. The first-order valence-corrected chi connectivity index (χ1v) is 7.34. The second kappa shape index (κ2) is 4.53. The van der Waals surface area contributed by atoms with Gasteiger partial charge in [0.25, 0.3) is 0 Å². The van der Waals surface area contributed by atoms with E-state index in [9.17, 15) is 4.79 Å².